The van der Waals surface area contributed by atoms with E-state index in [1.54, 1.807) is 0 Å². The van der Waals surface area contributed by atoms with E-state index in [1.165, 1.54) is 5.69 Å². The van der Waals surface area contributed by atoms with Gasteiger partial charge in [-0.05, 0) is 24.5 Å². The first-order chi connectivity index (χ1) is 7.17. The first-order valence-corrected chi connectivity index (χ1v) is 5.56. The summed E-state index contributed by atoms with van der Waals surface area (Å²) in [7, 11) is 1.93. The zero-order chi connectivity index (χ0) is 11.0. The first kappa shape index (κ1) is 10.4. The van der Waals surface area contributed by atoms with Crippen LogP contribution in [0.2, 0.25) is 0 Å². The molecule has 0 aliphatic heterocycles. The van der Waals surface area contributed by atoms with Gasteiger partial charge in [0, 0.05) is 24.7 Å². The molecule has 1 aliphatic rings. The fourth-order valence-corrected chi connectivity index (χ4v) is 2.27. The zero-order valence-corrected chi connectivity index (χ0v) is 9.55. The second kappa shape index (κ2) is 3.80. The summed E-state index contributed by atoms with van der Waals surface area (Å²) in [6, 6.07) is 0. The summed E-state index contributed by atoms with van der Waals surface area (Å²) in [5.41, 5.74) is 4.19. The van der Waals surface area contributed by atoms with E-state index in [-0.39, 0.29) is 0 Å². The molecule has 15 heavy (non-hydrogen) atoms. The molecule has 1 aromatic rings. The van der Waals surface area contributed by atoms with Crippen LogP contribution in [0.15, 0.2) is 5.57 Å². The lowest BCUT2D eigenvalue weighted by molar-refractivity contribution is 0.369. The Hall–Kier alpha value is -1.12. The third-order valence-corrected chi connectivity index (χ3v) is 3.13. The Balaban J connectivity index is 2.51. The van der Waals surface area contributed by atoms with Gasteiger partial charge in [0.1, 0.15) is 6.17 Å². The fraction of sp³-hybridized carbons (Fsp3) is 0.583. The number of fused-ring (bicyclic) bond motifs is 1. The smallest absolute Gasteiger partial charge is 0.127 e. The van der Waals surface area contributed by atoms with Crippen molar-refractivity contribution in [2.75, 3.05) is 0 Å². The molecule has 0 aromatic carbocycles. The predicted molar refractivity (Wildman–Crippen MR) is 59.5 cm³/mol. The third-order valence-electron chi connectivity index (χ3n) is 3.13. The highest BCUT2D eigenvalue weighted by atomic mass is 19.1. The van der Waals surface area contributed by atoms with Crippen molar-refractivity contribution in [3.05, 3.63) is 22.5 Å². The first-order valence-electron chi connectivity index (χ1n) is 5.56. The predicted octanol–water partition coefficient (Wildman–Crippen LogP) is 2.67. The van der Waals surface area contributed by atoms with E-state index in [2.05, 4.69) is 12.0 Å². The lowest BCUT2D eigenvalue weighted by atomic mass is 9.92. The van der Waals surface area contributed by atoms with E-state index in [4.69, 9.17) is 0 Å². The van der Waals surface area contributed by atoms with Crippen LogP contribution in [0.3, 0.4) is 0 Å². The highest BCUT2D eigenvalue weighted by molar-refractivity contribution is 5.61. The Kier molecular flexibility index (Phi) is 2.63. The van der Waals surface area contributed by atoms with Gasteiger partial charge in [0.2, 0.25) is 0 Å². The van der Waals surface area contributed by atoms with Gasteiger partial charge in [-0.25, -0.2) is 4.39 Å². The van der Waals surface area contributed by atoms with Crippen molar-refractivity contribution in [1.29, 1.82) is 0 Å². The molecule has 0 saturated carbocycles. The highest BCUT2D eigenvalue weighted by Gasteiger charge is 2.24. The average molecular weight is 208 g/mol. The Morgan fingerprint density at radius 2 is 2.20 bits per heavy atom. The number of rotatable bonds is 2. The maximum Gasteiger partial charge on any atom is 0.127 e. The quantitative estimate of drug-likeness (QED) is 0.730. The number of alkyl halides is 1. The van der Waals surface area contributed by atoms with Crippen molar-refractivity contribution >= 4 is 6.08 Å². The number of hydrogen-bond donors (Lipinski definition) is 0. The van der Waals surface area contributed by atoms with E-state index >= 15 is 0 Å². The minimum Gasteiger partial charge on any atom is -0.272 e. The maximum absolute atomic E-state index is 13.7. The van der Waals surface area contributed by atoms with Crippen LogP contribution in [0, 0.1) is 0 Å². The molecular weight excluding hydrogens is 191 g/mol. The monoisotopic (exact) mass is 208 g/mol. The van der Waals surface area contributed by atoms with E-state index in [0.717, 1.165) is 29.7 Å². The normalized spacial score (nSPS) is 20.0. The number of allylic oxidation sites excluding steroid dienone is 1. The van der Waals surface area contributed by atoms with E-state index in [9.17, 15) is 4.39 Å². The minimum absolute atomic E-state index is 0.447. The molecule has 3 heteroatoms. The summed E-state index contributed by atoms with van der Waals surface area (Å²) in [6.07, 6.45) is 3.35. The highest BCUT2D eigenvalue weighted by Crippen LogP contribution is 2.29. The van der Waals surface area contributed by atoms with Crippen LogP contribution in [0.1, 0.15) is 37.2 Å². The zero-order valence-electron chi connectivity index (χ0n) is 9.55. The van der Waals surface area contributed by atoms with Gasteiger partial charge in [0.15, 0.2) is 0 Å². The second-order valence-corrected chi connectivity index (χ2v) is 4.03. The molecule has 2 nitrogen and oxygen atoms in total. The molecule has 0 N–H and O–H groups in total. The van der Waals surface area contributed by atoms with Gasteiger partial charge in [0.25, 0.3) is 0 Å². The molecule has 1 atom stereocenters. The molecule has 0 radical (unpaired) electrons. The van der Waals surface area contributed by atoms with Gasteiger partial charge >= 0.3 is 0 Å². The van der Waals surface area contributed by atoms with Crippen LogP contribution in [0.4, 0.5) is 4.39 Å². The van der Waals surface area contributed by atoms with Crippen LogP contribution in [-0.4, -0.2) is 16.0 Å². The molecule has 0 spiro atoms. The van der Waals surface area contributed by atoms with E-state index < -0.39 is 6.17 Å². The summed E-state index contributed by atoms with van der Waals surface area (Å²) < 4.78 is 15.5. The van der Waals surface area contributed by atoms with Crippen LogP contribution in [0.5, 0.6) is 0 Å². The van der Waals surface area contributed by atoms with Crippen LogP contribution in [-0.2, 0) is 19.9 Å². The van der Waals surface area contributed by atoms with Gasteiger partial charge < -0.3 is 0 Å². The molecule has 1 aliphatic carbocycles. The van der Waals surface area contributed by atoms with Crippen molar-refractivity contribution in [1.82, 2.24) is 9.78 Å². The summed E-state index contributed by atoms with van der Waals surface area (Å²) in [6.45, 7) is 4.11. The van der Waals surface area contributed by atoms with Gasteiger partial charge in [-0.2, -0.15) is 5.10 Å². The number of hydrogen-bond acceptors (Lipinski definition) is 1. The standard InChI is InChI=1S/C12H17FN2/c1-4-8-6-9-11(7-10(8)13)14-15(3)12(9)5-2/h6,10H,4-5,7H2,1-3H3. The van der Waals surface area contributed by atoms with Crippen molar-refractivity contribution in [3.8, 4) is 0 Å². The van der Waals surface area contributed by atoms with Crippen molar-refractivity contribution in [2.24, 2.45) is 7.05 Å². The number of aromatic nitrogens is 2. The molecule has 1 aromatic heterocycles. The molecule has 82 valence electrons. The average Bonchev–Trinajstić information content (AvgIpc) is 2.51. The van der Waals surface area contributed by atoms with Gasteiger partial charge in [-0.15, -0.1) is 0 Å². The topological polar surface area (TPSA) is 17.8 Å². The van der Waals surface area contributed by atoms with E-state index in [0.29, 0.717) is 6.42 Å². The molecule has 0 bridgehead atoms. The molecule has 0 saturated heterocycles. The molecular formula is C12H17FN2. The van der Waals surface area contributed by atoms with Crippen LogP contribution in [0.25, 0.3) is 6.08 Å². The van der Waals surface area contributed by atoms with Crippen molar-refractivity contribution in [3.63, 3.8) is 0 Å². The molecule has 2 rings (SSSR count). The molecule has 0 amide bonds. The number of nitrogens with zero attached hydrogens (tertiary/aromatic N) is 2. The second-order valence-electron chi connectivity index (χ2n) is 4.03. The van der Waals surface area contributed by atoms with Crippen LogP contribution >= 0.6 is 0 Å². The largest absolute Gasteiger partial charge is 0.272 e. The fourth-order valence-electron chi connectivity index (χ4n) is 2.27. The lowest BCUT2D eigenvalue weighted by Crippen LogP contribution is -2.13. The number of halogens is 1. The molecule has 0 fully saturated rings. The Labute approximate surface area is 89.8 Å². The molecule has 1 unspecified atom stereocenters. The minimum atomic E-state index is -0.831. The lowest BCUT2D eigenvalue weighted by Gasteiger charge is -2.16. The Bertz CT molecular complexity index is 404. The van der Waals surface area contributed by atoms with Gasteiger partial charge in [0.05, 0.1) is 5.69 Å². The summed E-state index contributed by atoms with van der Waals surface area (Å²) in [5.74, 6) is 0. The Morgan fingerprint density at radius 3 is 2.80 bits per heavy atom. The van der Waals surface area contributed by atoms with Crippen molar-refractivity contribution in [2.45, 2.75) is 39.3 Å². The van der Waals surface area contributed by atoms with Gasteiger partial charge in [-0.1, -0.05) is 13.8 Å². The Morgan fingerprint density at radius 1 is 1.47 bits per heavy atom. The summed E-state index contributed by atoms with van der Waals surface area (Å²) in [4.78, 5) is 0. The summed E-state index contributed by atoms with van der Waals surface area (Å²) in [5, 5.41) is 4.37. The van der Waals surface area contributed by atoms with E-state index in [1.807, 2.05) is 24.7 Å². The van der Waals surface area contributed by atoms with Crippen LogP contribution < -0.4 is 0 Å². The maximum atomic E-state index is 13.7. The third kappa shape index (κ3) is 1.60. The summed E-state index contributed by atoms with van der Waals surface area (Å²) >= 11 is 0. The number of aryl methyl sites for hydroxylation is 1. The van der Waals surface area contributed by atoms with Gasteiger partial charge in [-0.3, -0.25) is 4.68 Å². The SMILES string of the molecule is CCC1=Cc2c(nn(C)c2CC)CC1F. The van der Waals surface area contributed by atoms with Crippen molar-refractivity contribution < 1.29 is 4.39 Å². The molecule has 1 heterocycles.